The molecule has 2 amide bonds. The molecule has 0 spiro atoms. The Labute approximate surface area is 119 Å². The van der Waals surface area contributed by atoms with Crippen molar-refractivity contribution in [2.45, 2.75) is 18.6 Å². The zero-order chi connectivity index (χ0) is 16.3. The average molecular weight is 304 g/mol. The maximum Gasteiger partial charge on any atom is 0.416 e. The van der Waals surface area contributed by atoms with Gasteiger partial charge in [-0.05, 0) is 24.6 Å². The summed E-state index contributed by atoms with van der Waals surface area (Å²) in [5, 5.41) is 2.28. The van der Waals surface area contributed by atoms with E-state index >= 15 is 0 Å². The first-order valence-corrected chi connectivity index (χ1v) is 5.89. The van der Waals surface area contributed by atoms with Gasteiger partial charge in [-0.1, -0.05) is 12.1 Å². The summed E-state index contributed by atoms with van der Waals surface area (Å²) in [6.45, 7) is 0.889. The molecule has 0 bridgehead atoms. The van der Waals surface area contributed by atoms with Crippen LogP contribution in [0.1, 0.15) is 18.1 Å². The van der Waals surface area contributed by atoms with E-state index in [2.05, 4.69) is 10.1 Å². The van der Waals surface area contributed by atoms with Crippen LogP contribution in [-0.2, 0) is 26.0 Å². The highest BCUT2D eigenvalue weighted by Crippen LogP contribution is 2.32. The van der Waals surface area contributed by atoms with Crippen molar-refractivity contribution < 1.29 is 27.5 Å². The third-order valence-corrected chi connectivity index (χ3v) is 2.92. The van der Waals surface area contributed by atoms with E-state index in [0.29, 0.717) is 0 Å². The van der Waals surface area contributed by atoms with E-state index in [0.717, 1.165) is 18.2 Å². The van der Waals surface area contributed by atoms with E-state index in [1.807, 2.05) is 0 Å². The van der Waals surface area contributed by atoms with Gasteiger partial charge in [0.15, 0.2) is 0 Å². The van der Waals surface area contributed by atoms with E-state index in [9.17, 15) is 22.8 Å². The van der Waals surface area contributed by atoms with Gasteiger partial charge in [0, 0.05) is 7.11 Å². The molecule has 1 atom stereocenters. The van der Waals surface area contributed by atoms with Crippen LogP contribution in [0, 0.1) is 0 Å². The Balaban J connectivity index is 3.23. The second-order valence-corrected chi connectivity index (χ2v) is 4.55. The Hall–Kier alpha value is -2.09. The SMILES string of the molecule is COCC(=O)N[C@@](C)(C(N)=O)c1cccc(C(F)(F)F)c1. The van der Waals surface area contributed by atoms with Gasteiger partial charge in [-0.15, -0.1) is 0 Å². The summed E-state index contributed by atoms with van der Waals surface area (Å²) >= 11 is 0. The van der Waals surface area contributed by atoms with Gasteiger partial charge in [-0.25, -0.2) is 0 Å². The van der Waals surface area contributed by atoms with Crippen LogP contribution in [0.5, 0.6) is 0 Å². The highest BCUT2D eigenvalue weighted by molar-refractivity contribution is 5.91. The minimum atomic E-state index is -4.56. The van der Waals surface area contributed by atoms with E-state index in [1.165, 1.54) is 20.1 Å². The van der Waals surface area contributed by atoms with Crippen LogP contribution >= 0.6 is 0 Å². The molecule has 0 saturated heterocycles. The first kappa shape index (κ1) is 17.0. The Morgan fingerprint density at radius 2 is 1.86 bits per heavy atom. The molecule has 1 aromatic carbocycles. The Bertz CT molecular complexity index is 546. The highest BCUT2D eigenvalue weighted by atomic mass is 19.4. The largest absolute Gasteiger partial charge is 0.416 e. The Morgan fingerprint density at radius 1 is 1.29 bits per heavy atom. The van der Waals surface area contributed by atoms with Crippen molar-refractivity contribution in [1.29, 1.82) is 0 Å². The van der Waals surface area contributed by atoms with Gasteiger partial charge in [0.2, 0.25) is 11.8 Å². The van der Waals surface area contributed by atoms with Crippen LogP contribution in [-0.4, -0.2) is 25.5 Å². The highest BCUT2D eigenvalue weighted by Gasteiger charge is 2.37. The molecular weight excluding hydrogens is 289 g/mol. The molecule has 0 aliphatic heterocycles. The predicted molar refractivity (Wildman–Crippen MR) is 68.0 cm³/mol. The molecule has 0 heterocycles. The molecule has 0 fully saturated rings. The zero-order valence-electron chi connectivity index (χ0n) is 11.5. The van der Waals surface area contributed by atoms with Crippen LogP contribution in [0.4, 0.5) is 13.2 Å². The number of carbonyl (C=O) groups excluding carboxylic acids is 2. The number of hydrogen-bond donors (Lipinski definition) is 2. The lowest BCUT2D eigenvalue weighted by atomic mass is 9.89. The first-order valence-electron chi connectivity index (χ1n) is 5.89. The molecule has 0 saturated carbocycles. The standard InChI is InChI=1S/C13H15F3N2O3/c1-12(11(17)20,18-10(19)7-21-2)8-4-3-5-9(6-8)13(14,15)16/h3-6H,7H2,1-2H3,(H2,17,20)(H,18,19)/t12-/m1/s1. The molecule has 0 unspecified atom stereocenters. The van der Waals surface area contributed by atoms with Crippen molar-refractivity contribution in [1.82, 2.24) is 5.32 Å². The summed E-state index contributed by atoms with van der Waals surface area (Å²) in [6, 6.07) is 4.06. The summed E-state index contributed by atoms with van der Waals surface area (Å²) in [6.07, 6.45) is -4.56. The van der Waals surface area contributed by atoms with Crippen LogP contribution in [0.3, 0.4) is 0 Å². The van der Waals surface area contributed by atoms with Gasteiger partial charge >= 0.3 is 6.18 Å². The van der Waals surface area contributed by atoms with Crippen molar-refractivity contribution in [2.24, 2.45) is 5.73 Å². The van der Waals surface area contributed by atoms with E-state index in [4.69, 9.17) is 5.73 Å². The van der Waals surface area contributed by atoms with Gasteiger partial charge in [0.1, 0.15) is 12.1 Å². The Morgan fingerprint density at radius 3 is 2.33 bits per heavy atom. The molecular formula is C13H15F3N2O3. The second kappa shape index (κ2) is 6.13. The lowest BCUT2D eigenvalue weighted by Crippen LogP contribution is -2.53. The fourth-order valence-corrected chi connectivity index (χ4v) is 1.73. The van der Waals surface area contributed by atoms with Crippen LogP contribution in [0.15, 0.2) is 24.3 Å². The number of methoxy groups -OCH3 is 1. The Kier molecular flexibility index (Phi) is 4.95. The fraction of sp³-hybridized carbons (Fsp3) is 0.385. The number of nitrogens with one attached hydrogen (secondary N) is 1. The maximum atomic E-state index is 12.7. The monoisotopic (exact) mass is 304 g/mol. The van der Waals surface area contributed by atoms with E-state index in [-0.39, 0.29) is 12.2 Å². The zero-order valence-corrected chi connectivity index (χ0v) is 11.5. The van der Waals surface area contributed by atoms with Gasteiger partial charge in [-0.2, -0.15) is 13.2 Å². The van der Waals surface area contributed by atoms with Crippen molar-refractivity contribution >= 4 is 11.8 Å². The van der Waals surface area contributed by atoms with E-state index in [1.54, 1.807) is 0 Å². The lowest BCUT2D eigenvalue weighted by molar-refractivity contribution is -0.138. The molecule has 116 valence electrons. The quantitative estimate of drug-likeness (QED) is 0.856. The smallest absolute Gasteiger partial charge is 0.375 e. The molecule has 1 aromatic rings. The summed E-state index contributed by atoms with van der Waals surface area (Å²) < 4.78 is 42.7. The fourth-order valence-electron chi connectivity index (χ4n) is 1.73. The lowest BCUT2D eigenvalue weighted by Gasteiger charge is -2.28. The number of hydrogen-bond acceptors (Lipinski definition) is 3. The van der Waals surface area contributed by atoms with Crippen molar-refractivity contribution in [3.8, 4) is 0 Å². The summed E-state index contributed by atoms with van der Waals surface area (Å²) in [7, 11) is 1.27. The maximum absolute atomic E-state index is 12.7. The molecule has 0 aliphatic carbocycles. The van der Waals surface area contributed by atoms with Crippen molar-refractivity contribution in [2.75, 3.05) is 13.7 Å². The second-order valence-electron chi connectivity index (χ2n) is 4.55. The minimum absolute atomic E-state index is 0.0609. The first-order chi connectivity index (χ1) is 9.61. The van der Waals surface area contributed by atoms with Gasteiger partial charge < -0.3 is 15.8 Å². The van der Waals surface area contributed by atoms with Gasteiger partial charge in [0.05, 0.1) is 5.56 Å². The number of nitrogens with two attached hydrogens (primary N) is 1. The molecule has 0 radical (unpaired) electrons. The van der Waals surface area contributed by atoms with Crippen LogP contribution in [0.25, 0.3) is 0 Å². The number of ether oxygens (including phenoxy) is 1. The number of rotatable bonds is 5. The van der Waals surface area contributed by atoms with Crippen molar-refractivity contribution in [3.05, 3.63) is 35.4 Å². The third kappa shape index (κ3) is 3.94. The molecule has 21 heavy (non-hydrogen) atoms. The molecule has 1 rings (SSSR count). The van der Waals surface area contributed by atoms with Gasteiger partial charge in [-0.3, -0.25) is 9.59 Å². The van der Waals surface area contributed by atoms with Crippen LogP contribution < -0.4 is 11.1 Å². The topological polar surface area (TPSA) is 81.4 Å². The number of primary amides is 1. The third-order valence-electron chi connectivity index (χ3n) is 2.92. The minimum Gasteiger partial charge on any atom is -0.375 e. The predicted octanol–water partition coefficient (Wildman–Crippen LogP) is 1.17. The molecule has 3 N–H and O–H groups in total. The van der Waals surface area contributed by atoms with E-state index < -0.39 is 29.1 Å². The number of alkyl halides is 3. The summed E-state index contributed by atoms with van der Waals surface area (Å²) in [4.78, 5) is 23.2. The number of carbonyl (C=O) groups is 2. The average Bonchev–Trinajstić information content (AvgIpc) is 2.37. The number of benzene rings is 1. The summed E-state index contributed by atoms with van der Waals surface area (Å²) in [5.74, 6) is -1.65. The summed E-state index contributed by atoms with van der Waals surface area (Å²) in [5.41, 5.74) is 2.47. The molecule has 0 aliphatic rings. The van der Waals surface area contributed by atoms with Crippen LogP contribution in [0.2, 0.25) is 0 Å². The molecule has 5 nitrogen and oxygen atoms in total. The van der Waals surface area contributed by atoms with Gasteiger partial charge in [0.25, 0.3) is 0 Å². The molecule has 8 heteroatoms. The number of amides is 2. The van der Waals surface area contributed by atoms with Crippen molar-refractivity contribution in [3.63, 3.8) is 0 Å². The normalized spacial score (nSPS) is 14.3. The molecule has 0 aromatic heterocycles. The number of halogens is 3.